The standard InChI is InChI=1S/C15H23NO4/c1-15(2,16)11(9-14(17)20-5)10-6-7-12(18-3)13(8-10)19-4/h6-8,11H,9,16H2,1-5H3. The molecule has 0 radical (unpaired) electrons. The molecular formula is C15H23NO4. The lowest BCUT2D eigenvalue weighted by atomic mass is 9.80. The van der Waals surface area contributed by atoms with Crippen LogP contribution in [0.3, 0.4) is 0 Å². The summed E-state index contributed by atoms with van der Waals surface area (Å²) >= 11 is 0. The van der Waals surface area contributed by atoms with Gasteiger partial charge in [0.15, 0.2) is 11.5 Å². The normalized spacial score (nSPS) is 12.7. The Balaban J connectivity index is 3.17. The van der Waals surface area contributed by atoms with Crippen molar-refractivity contribution in [2.24, 2.45) is 5.73 Å². The van der Waals surface area contributed by atoms with Crippen LogP contribution in [0.5, 0.6) is 11.5 Å². The number of methoxy groups -OCH3 is 3. The lowest BCUT2D eigenvalue weighted by Gasteiger charge is -2.30. The lowest BCUT2D eigenvalue weighted by Crippen LogP contribution is -2.40. The molecule has 2 N–H and O–H groups in total. The summed E-state index contributed by atoms with van der Waals surface area (Å²) in [6.45, 7) is 3.77. The fourth-order valence-corrected chi connectivity index (χ4v) is 2.13. The van der Waals surface area contributed by atoms with Crippen molar-refractivity contribution in [3.63, 3.8) is 0 Å². The van der Waals surface area contributed by atoms with Crippen LogP contribution in [0.15, 0.2) is 18.2 Å². The van der Waals surface area contributed by atoms with Gasteiger partial charge >= 0.3 is 5.97 Å². The molecule has 1 unspecified atom stereocenters. The second-order valence-corrected chi connectivity index (χ2v) is 5.27. The molecular weight excluding hydrogens is 258 g/mol. The van der Waals surface area contributed by atoms with Crippen molar-refractivity contribution in [2.75, 3.05) is 21.3 Å². The lowest BCUT2D eigenvalue weighted by molar-refractivity contribution is -0.141. The summed E-state index contributed by atoms with van der Waals surface area (Å²) in [4.78, 5) is 11.6. The molecule has 0 saturated heterocycles. The maximum Gasteiger partial charge on any atom is 0.306 e. The number of rotatable bonds is 6. The second-order valence-electron chi connectivity index (χ2n) is 5.27. The molecule has 0 aliphatic carbocycles. The van der Waals surface area contributed by atoms with Crippen LogP contribution >= 0.6 is 0 Å². The fourth-order valence-electron chi connectivity index (χ4n) is 2.13. The van der Waals surface area contributed by atoms with Gasteiger partial charge in [0.05, 0.1) is 27.8 Å². The van der Waals surface area contributed by atoms with Crippen molar-refractivity contribution in [2.45, 2.75) is 31.7 Å². The summed E-state index contributed by atoms with van der Waals surface area (Å²) in [6.07, 6.45) is 0.218. The highest BCUT2D eigenvalue weighted by Gasteiger charge is 2.30. The van der Waals surface area contributed by atoms with Gasteiger partial charge in [-0.3, -0.25) is 4.79 Å². The Morgan fingerprint density at radius 3 is 2.25 bits per heavy atom. The zero-order chi connectivity index (χ0) is 15.3. The van der Waals surface area contributed by atoms with Crippen LogP contribution in [-0.4, -0.2) is 32.8 Å². The minimum absolute atomic E-state index is 0.172. The van der Waals surface area contributed by atoms with Gasteiger partial charge in [-0.15, -0.1) is 0 Å². The van der Waals surface area contributed by atoms with Crippen LogP contribution in [-0.2, 0) is 9.53 Å². The predicted octanol–water partition coefficient (Wildman–Crippen LogP) is 2.09. The molecule has 5 nitrogen and oxygen atoms in total. The van der Waals surface area contributed by atoms with Gasteiger partial charge in [-0.1, -0.05) is 6.07 Å². The van der Waals surface area contributed by atoms with E-state index < -0.39 is 5.54 Å². The molecule has 0 amide bonds. The van der Waals surface area contributed by atoms with E-state index in [0.717, 1.165) is 5.56 Å². The number of hydrogen-bond donors (Lipinski definition) is 1. The molecule has 0 spiro atoms. The third-order valence-corrected chi connectivity index (χ3v) is 3.31. The summed E-state index contributed by atoms with van der Waals surface area (Å²) in [7, 11) is 4.53. The van der Waals surface area contributed by atoms with Crippen molar-refractivity contribution in [3.8, 4) is 11.5 Å². The Morgan fingerprint density at radius 2 is 1.80 bits per heavy atom. The van der Waals surface area contributed by atoms with E-state index in [9.17, 15) is 4.79 Å². The number of esters is 1. The third-order valence-electron chi connectivity index (χ3n) is 3.31. The molecule has 0 bridgehead atoms. The Hall–Kier alpha value is -1.75. The second kappa shape index (κ2) is 6.61. The highest BCUT2D eigenvalue weighted by atomic mass is 16.5. The van der Waals surface area contributed by atoms with E-state index in [0.29, 0.717) is 11.5 Å². The van der Waals surface area contributed by atoms with E-state index in [2.05, 4.69) is 0 Å². The van der Waals surface area contributed by atoms with E-state index in [-0.39, 0.29) is 18.3 Å². The number of carbonyl (C=O) groups is 1. The minimum atomic E-state index is -0.562. The van der Waals surface area contributed by atoms with E-state index in [4.69, 9.17) is 19.9 Å². The Kier molecular flexibility index (Phi) is 5.39. The fraction of sp³-hybridized carbons (Fsp3) is 0.533. The quantitative estimate of drug-likeness (QED) is 0.808. The zero-order valence-electron chi connectivity index (χ0n) is 12.7. The molecule has 20 heavy (non-hydrogen) atoms. The highest BCUT2D eigenvalue weighted by molar-refractivity contribution is 5.70. The van der Waals surface area contributed by atoms with Crippen molar-refractivity contribution in [1.82, 2.24) is 0 Å². The monoisotopic (exact) mass is 281 g/mol. The van der Waals surface area contributed by atoms with Gasteiger partial charge < -0.3 is 19.9 Å². The maximum atomic E-state index is 11.6. The van der Waals surface area contributed by atoms with Crippen molar-refractivity contribution in [1.29, 1.82) is 0 Å². The number of nitrogens with two attached hydrogens (primary N) is 1. The van der Waals surface area contributed by atoms with Gasteiger partial charge in [-0.25, -0.2) is 0 Å². The highest BCUT2D eigenvalue weighted by Crippen LogP contribution is 2.35. The molecule has 0 aromatic heterocycles. The first kappa shape index (κ1) is 16.3. The molecule has 0 saturated carbocycles. The smallest absolute Gasteiger partial charge is 0.306 e. The van der Waals surface area contributed by atoms with Gasteiger partial charge in [-0.05, 0) is 31.5 Å². The van der Waals surface area contributed by atoms with Gasteiger partial charge in [0, 0.05) is 11.5 Å². The summed E-state index contributed by atoms with van der Waals surface area (Å²) in [5.74, 6) is 0.796. The van der Waals surface area contributed by atoms with Crippen LogP contribution in [0, 0.1) is 0 Å². The molecule has 5 heteroatoms. The molecule has 1 aromatic carbocycles. The molecule has 112 valence electrons. The maximum absolute atomic E-state index is 11.6. The first-order chi connectivity index (χ1) is 9.33. The summed E-state index contributed by atoms with van der Waals surface area (Å²) < 4.78 is 15.2. The molecule has 0 fully saturated rings. The first-order valence-electron chi connectivity index (χ1n) is 6.41. The average Bonchev–Trinajstić information content (AvgIpc) is 2.42. The SMILES string of the molecule is COC(=O)CC(c1ccc(OC)c(OC)c1)C(C)(C)N. The van der Waals surface area contributed by atoms with E-state index in [1.807, 2.05) is 32.0 Å². The topological polar surface area (TPSA) is 70.8 Å². The van der Waals surface area contributed by atoms with Crippen LogP contribution in [0.2, 0.25) is 0 Å². The van der Waals surface area contributed by atoms with Gasteiger partial charge in [-0.2, -0.15) is 0 Å². The molecule has 1 aromatic rings. The average molecular weight is 281 g/mol. The van der Waals surface area contributed by atoms with Crippen LogP contribution in [0.25, 0.3) is 0 Å². The van der Waals surface area contributed by atoms with E-state index in [1.54, 1.807) is 14.2 Å². The zero-order valence-corrected chi connectivity index (χ0v) is 12.7. The minimum Gasteiger partial charge on any atom is -0.493 e. The summed E-state index contributed by atoms with van der Waals surface area (Å²) in [5, 5.41) is 0. The van der Waals surface area contributed by atoms with Gasteiger partial charge in [0.2, 0.25) is 0 Å². The number of hydrogen-bond acceptors (Lipinski definition) is 5. The molecule has 1 atom stereocenters. The first-order valence-corrected chi connectivity index (χ1v) is 6.41. The van der Waals surface area contributed by atoms with Crippen LogP contribution in [0.1, 0.15) is 31.7 Å². The van der Waals surface area contributed by atoms with Crippen molar-refractivity contribution in [3.05, 3.63) is 23.8 Å². The Labute approximate surface area is 120 Å². The van der Waals surface area contributed by atoms with Crippen molar-refractivity contribution >= 4 is 5.97 Å². The van der Waals surface area contributed by atoms with Crippen molar-refractivity contribution < 1.29 is 19.0 Å². The molecule has 0 aliphatic heterocycles. The summed E-state index contributed by atoms with van der Waals surface area (Å²) in [5.41, 5.74) is 6.55. The van der Waals surface area contributed by atoms with Crippen LogP contribution in [0.4, 0.5) is 0 Å². The molecule has 1 rings (SSSR count). The number of ether oxygens (including phenoxy) is 3. The van der Waals surface area contributed by atoms with E-state index >= 15 is 0 Å². The Morgan fingerprint density at radius 1 is 1.20 bits per heavy atom. The third kappa shape index (κ3) is 3.87. The summed E-state index contributed by atoms with van der Waals surface area (Å²) in [6, 6.07) is 5.55. The largest absolute Gasteiger partial charge is 0.493 e. The Bertz CT molecular complexity index is 465. The molecule has 0 heterocycles. The van der Waals surface area contributed by atoms with E-state index in [1.165, 1.54) is 7.11 Å². The number of carbonyl (C=O) groups excluding carboxylic acids is 1. The van der Waals surface area contributed by atoms with Crippen LogP contribution < -0.4 is 15.2 Å². The molecule has 0 aliphatic rings. The number of benzene rings is 1. The van der Waals surface area contributed by atoms with Gasteiger partial charge in [0.25, 0.3) is 0 Å². The predicted molar refractivity (Wildman–Crippen MR) is 77.2 cm³/mol. The van der Waals surface area contributed by atoms with Gasteiger partial charge in [0.1, 0.15) is 0 Å².